The van der Waals surface area contributed by atoms with Crippen molar-refractivity contribution in [1.29, 1.82) is 0 Å². The number of ether oxygens (including phenoxy) is 1. The molecule has 0 radical (unpaired) electrons. The first kappa shape index (κ1) is 17.7. The Labute approximate surface area is 151 Å². The third kappa shape index (κ3) is 4.92. The van der Waals surface area contributed by atoms with Crippen molar-refractivity contribution in [2.75, 3.05) is 6.61 Å². The molecule has 0 aliphatic carbocycles. The number of hydrogen-bond donors (Lipinski definition) is 1. The van der Waals surface area contributed by atoms with Crippen LogP contribution in [0, 0.1) is 5.82 Å². The molecule has 0 aliphatic rings. The molecule has 26 heavy (non-hydrogen) atoms. The van der Waals surface area contributed by atoms with Gasteiger partial charge in [-0.05, 0) is 36.4 Å². The van der Waals surface area contributed by atoms with Gasteiger partial charge in [0.2, 0.25) is 6.33 Å². The molecule has 0 saturated heterocycles. The predicted octanol–water partition coefficient (Wildman–Crippen LogP) is 3.38. The second-order valence-corrected chi connectivity index (χ2v) is 5.97. The first-order valence-corrected chi connectivity index (χ1v) is 8.36. The van der Waals surface area contributed by atoms with Crippen LogP contribution in [0.15, 0.2) is 66.2 Å². The number of aliphatic imine (C=N–C) groups is 1. The Morgan fingerprint density at radius 2 is 2.04 bits per heavy atom. The van der Waals surface area contributed by atoms with Gasteiger partial charge in [-0.1, -0.05) is 0 Å². The Bertz CT molecular complexity index is 888. The van der Waals surface area contributed by atoms with Gasteiger partial charge in [-0.15, -0.1) is 0 Å². The van der Waals surface area contributed by atoms with Crippen LogP contribution in [-0.2, 0) is 13.6 Å². The summed E-state index contributed by atoms with van der Waals surface area (Å²) < 4.78 is 22.6. The third-order valence-corrected chi connectivity index (χ3v) is 3.83. The van der Waals surface area contributed by atoms with Crippen molar-refractivity contribution in [1.82, 2.24) is 4.57 Å². The summed E-state index contributed by atoms with van der Waals surface area (Å²) in [6.45, 7) is 1.43. The number of phenolic OH excluding ortho intramolecular Hbond substituents is 1. The molecule has 3 aromatic rings. The van der Waals surface area contributed by atoms with Gasteiger partial charge < -0.3 is 9.84 Å². The number of imidazole rings is 1. The Hall–Kier alpha value is -3.15. The lowest BCUT2D eigenvalue weighted by Gasteiger charge is -2.07. The highest BCUT2D eigenvalue weighted by atomic mass is 19.1. The SMILES string of the molecule is C[n+]1ccn(CCCOc2ccc(C=Nc3ccc(F)cc3)c(O)c2)c1. The maximum absolute atomic E-state index is 12.9. The number of phenols is 1. The highest BCUT2D eigenvalue weighted by Crippen LogP contribution is 2.23. The molecular weight excluding hydrogens is 333 g/mol. The maximum Gasteiger partial charge on any atom is 0.243 e. The van der Waals surface area contributed by atoms with Crippen LogP contribution in [-0.4, -0.2) is 22.5 Å². The van der Waals surface area contributed by atoms with E-state index < -0.39 is 0 Å². The van der Waals surface area contributed by atoms with Crippen molar-refractivity contribution >= 4 is 11.9 Å². The molecule has 1 heterocycles. The summed E-state index contributed by atoms with van der Waals surface area (Å²) in [5, 5.41) is 10.1. The minimum atomic E-state index is -0.307. The molecule has 0 aliphatic heterocycles. The van der Waals surface area contributed by atoms with E-state index in [2.05, 4.69) is 9.56 Å². The van der Waals surface area contributed by atoms with E-state index in [1.165, 1.54) is 12.1 Å². The van der Waals surface area contributed by atoms with Crippen molar-refractivity contribution in [2.24, 2.45) is 12.0 Å². The van der Waals surface area contributed by atoms with E-state index in [4.69, 9.17) is 4.74 Å². The van der Waals surface area contributed by atoms with Crippen molar-refractivity contribution < 1.29 is 18.8 Å². The highest BCUT2D eigenvalue weighted by molar-refractivity contribution is 5.85. The van der Waals surface area contributed by atoms with Crippen LogP contribution in [0.1, 0.15) is 12.0 Å². The van der Waals surface area contributed by atoms with Gasteiger partial charge in [0.25, 0.3) is 0 Å². The number of aryl methyl sites for hydroxylation is 2. The fraction of sp³-hybridized carbons (Fsp3) is 0.200. The average molecular weight is 354 g/mol. The van der Waals surface area contributed by atoms with E-state index in [-0.39, 0.29) is 11.6 Å². The summed E-state index contributed by atoms with van der Waals surface area (Å²) in [4.78, 5) is 4.22. The Kier molecular flexibility index (Phi) is 5.63. The first-order valence-electron chi connectivity index (χ1n) is 8.36. The zero-order valence-electron chi connectivity index (χ0n) is 14.5. The number of benzene rings is 2. The molecular formula is C20H21FN3O2+. The van der Waals surface area contributed by atoms with Gasteiger partial charge in [-0.25, -0.2) is 13.5 Å². The third-order valence-electron chi connectivity index (χ3n) is 3.83. The summed E-state index contributed by atoms with van der Waals surface area (Å²) in [5.41, 5.74) is 1.19. The molecule has 5 nitrogen and oxygen atoms in total. The average Bonchev–Trinajstić information content (AvgIpc) is 3.05. The van der Waals surface area contributed by atoms with Crippen LogP contribution >= 0.6 is 0 Å². The van der Waals surface area contributed by atoms with Crippen molar-refractivity contribution in [3.63, 3.8) is 0 Å². The van der Waals surface area contributed by atoms with Gasteiger partial charge >= 0.3 is 0 Å². The largest absolute Gasteiger partial charge is 0.507 e. The van der Waals surface area contributed by atoms with Gasteiger partial charge in [0.15, 0.2) is 0 Å². The van der Waals surface area contributed by atoms with E-state index in [1.807, 2.05) is 30.3 Å². The van der Waals surface area contributed by atoms with Crippen LogP contribution in [0.25, 0.3) is 0 Å². The molecule has 1 N–H and O–H groups in total. The standard InChI is InChI=1S/C20H20FN3O2/c1-23-10-11-24(15-23)9-2-12-26-19-8-3-16(20(25)13-19)14-22-18-6-4-17(21)5-7-18/h3-8,10-11,13-15H,2,9,12H2,1H3/p+1. The molecule has 0 bridgehead atoms. The molecule has 0 amide bonds. The maximum atomic E-state index is 12.9. The van der Waals surface area contributed by atoms with Gasteiger partial charge in [0, 0.05) is 24.3 Å². The molecule has 2 aromatic carbocycles. The first-order chi connectivity index (χ1) is 12.6. The van der Waals surface area contributed by atoms with Gasteiger partial charge in [-0.3, -0.25) is 4.99 Å². The lowest BCUT2D eigenvalue weighted by molar-refractivity contribution is -0.671. The molecule has 1 aromatic heterocycles. The molecule has 0 unspecified atom stereocenters. The minimum Gasteiger partial charge on any atom is -0.507 e. The van der Waals surface area contributed by atoms with E-state index in [0.717, 1.165) is 13.0 Å². The summed E-state index contributed by atoms with van der Waals surface area (Å²) in [7, 11) is 1.98. The van der Waals surface area contributed by atoms with E-state index in [0.29, 0.717) is 23.6 Å². The molecule has 3 rings (SSSR count). The number of nitrogens with zero attached hydrogens (tertiary/aromatic N) is 3. The van der Waals surface area contributed by atoms with E-state index in [1.54, 1.807) is 36.5 Å². The topological polar surface area (TPSA) is 50.6 Å². The zero-order valence-corrected chi connectivity index (χ0v) is 14.5. The van der Waals surface area contributed by atoms with E-state index >= 15 is 0 Å². The summed E-state index contributed by atoms with van der Waals surface area (Å²) in [6.07, 6.45) is 8.43. The highest BCUT2D eigenvalue weighted by Gasteiger charge is 2.03. The van der Waals surface area contributed by atoms with Crippen LogP contribution in [0.3, 0.4) is 0 Å². The predicted molar refractivity (Wildman–Crippen MR) is 97.5 cm³/mol. The van der Waals surface area contributed by atoms with Crippen LogP contribution in [0.5, 0.6) is 11.5 Å². The Morgan fingerprint density at radius 1 is 1.23 bits per heavy atom. The smallest absolute Gasteiger partial charge is 0.243 e. The summed E-state index contributed by atoms with van der Waals surface area (Å²) in [6, 6.07) is 10.9. The van der Waals surface area contributed by atoms with Gasteiger partial charge in [-0.2, -0.15) is 0 Å². The number of hydrogen-bond acceptors (Lipinski definition) is 3. The zero-order chi connectivity index (χ0) is 18.4. The minimum absolute atomic E-state index is 0.0887. The Morgan fingerprint density at radius 3 is 2.73 bits per heavy atom. The Balaban J connectivity index is 1.52. The molecule has 134 valence electrons. The quantitative estimate of drug-likeness (QED) is 0.402. The molecule has 0 fully saturated rings. The van der Waals surface area contributed by atoms with Gasteiger partial charge in [0.05, 0.1) is 25.9 Å². The number of rotatable bonds is 7. The monoisotopic (exact) mass is 354 g/mol. The lowest BCUT2D eigenvalue weighted by atomic mass is 10.2. The second-order valence-electron chi connectivity index (χ2n) is 5.97. The fourth-order valence-corrected chi connectivity index (χ4v) is 2.46. The molecule has 6 heteroatoms. The number of halogens is 1. The molecule has 0 spiro atoms. The number of aromatic nitrogens is 2. The van der Waals surface area contributed by atoms with Crippen molar-refractivity contribution in [3.8, 4) is 11.5 Å². The fourth-order valence-electron chi connectivity index (χ4n) is 2.46. The summed E-state index contributed by atoms with van der Waals surface area (Å²) in [5.74, 6) is 0.393. The normalized spacial score (nSPS) is 11.2. The lowest BCUT2D eigenvalue weighted by Crippen LogP contribution is -2.23. The molecule has 0 atom stereocenters. The van der Waals surface area contributed by atoms with Gasteiger partial charge in [0.1, 0.15) is 29.7 Å². The van der Waals surface area contributed by atoms with Crippen LogP contribution < -0.4 is 9.30 Å². The van der Waals surface area contributed by atoms with Crippen LogP contribution in [0.2, 0.25) is 0 Å². The van der Waals surface area contributed by atoms with E-state index in [9.17, 15) is 9.50 Å². The van der Waals surface area contributed by atoms with Crippen LogP contribution in [0.4, 0.5) is 10.1 Å². The second kappa shape index (κ2) is 8.29. The number of aromatic hydroxyl groups is 1. The van der Waals surface area contributed by atoms with Crippen molar-refractivity contribution in [3.05, 3.63) is 72.6 Å². The van der Waals surface area contributed by atoms with Crippen molar-refractivity contribution in [2.45, 2.75) is 13.0 Å². The summed E-state index contributed by atoms with van der Waals surface area (Å²) >= 11 is 0. The molecule has 0 saturated carbocycles.